The lowest BCUT2D eigenvalue weighted by molar-refractivity contribution is 0.0741. The standard InChI is InChI=1S/C20H25FN4O3S/c21-17-6-2-3-7-19(17)23-10-12-24(13-11-23)20(26)18-14-16(15-22-18)29(27,28)25-8-4-1-5-9-25/h2-3,6-7,14-15,22H,1,4-5,8-13H2. The Balaban J connectivity index is 1.42. The highest BCUT2D eigenvalue weighted by Gasteiger charge is 2.29. The average molecular weight is 421 g/mol. The Hall–Kier alpha value is -2.39. The molecule has 2 saturated heterocycles. The van der Waals surface area contributed by atoms with Gasteiger partial charge in [-0.25, -0.2) is 12.8 Å². The van der Waals surface area contributed by atoms with Gasteiger partial charge in [-0.1, -0.05) is 18.6 Å². The lowest BCUT2D eigenvalue weighted by atomic mass is 10.2. The lowest BCUT2D eigenvalue weighted by Gasteiger charge is -2.36. The van der Waals surface area contributed by atoms with Crippen molar-refractivity contribution in [2.45, 2.75) is 24.2 Å². The van der Waals surface area contributed by atoms with Gasteiger partial charge < -0.3 is 14.8 Å². The number of halogens is 1. The van der Waals surface area contributed by atoms with Crippen molar-refractivity contribution in [1.29, 1.82) is 0 Å². The van der Waals surface area contributed by atoms with Crippen LogP contribution in [0.5, 0.6) is 0 Å². The maximum absolute atomic E-state index is 14.0. The Bertz CT molecular complexity index is 977. The van der Waals surface area contributed by atoms with Crippen molar-refractivity contribution >= 4 is 21.6 Å². The molecule has 2 aromatic rings. The van der Waals surface area contributed by atoms with Crippen LogP contribution in [0.15, 0.2) is 41.4 Å². The quantitative estimate of drug-likeness (QED) is 0.823. The second-order valence-electron chi connectivity index (χ2n) is 7.44. The molecule has 156 valence electrons. The van der Waals surface area contributed by atoms with Gasteiger partial charge in [-0.15, -0.1) is 0 Å². The number of sulfonamides is 1. The molecule has 1 aromatic carbocycles. The number of carbonyl (C=O) groups is 1. The molecule has 7 nitrogen and oxygen atoms in total. The molecule has 29 heavy (non-hydrogen) atoms. The molecule has 2 aliphatic heterocycles. The largest absolute Gasteiger partial charge is 0.366 e. The highest BCUT2D eigenvalue weighted by Crippen LogP contribution is 2.23. The second-order valence-corrected chi connectivity index (χ2v) is 9.38. The van der Waals surface area contributed by atoms with Gasteiger partial charge in [-0.3, -0.25) is 4.79 Å². The summed E-state index contributed by atoms with van der Waals surface area (Å²) in [5.74, 6) is -0.512. The number of benzene rings is 1. The number of piperidine rings is 1. The first-order valence-corrected chi connectivity index (χ1v) is 11.4. The second kappa shape index (κ2) is 8.16. The molecule has 9 heteroatoms. The molecule has 0 unspecified atom stereocenters. The highest BCUT2D eigenvalue weighted by atomic mass is 32.2. The molecule has 2 aliphatic rings. The number of carbonyl (C=O) groups excluding carboxylic acids is 1. The van der Waals surface area contributed by atoms with Crippen LogP contribution in [0.4, 0.5) is 10.1 Å². The van der Waals surface area contributed by atoms with Crippen molar-refractivity contribution in [1.82, 2.24) is 14.2 Å². The summed E-state index contributed by atoms with van der Waals surface area (Å²) in [6.07, 6.45) is 4.16. The van der Waals surface area contributed by atoms with Crippen LogP contribution in [0.3, 0.4) is 0 Å². The summed E-state index contributed by atoms with van der Waals surface area (Å²) in [6, 6.07) is 8.03. The van der Waals surface area contributed by atoms with E-state index >= 15 is 0 Å². The minimum absolute atomic E-state index is 0.132. The molecule has 1 N–H and O–H groups in total. The third-order valence-electron chi connectivity index (χ3n) is 5.60. The van der Waals surface area contributed by atoms with Crippen molar-refractivity contribution in [2.75, 3.05) is 44.2 Å². The van der Waals surface area contributed by atoms with E-state index in [4.69, 9.17) is 0 Å². The van der Waals surface area contributed by atoms with Gasteiger partial charge in [0, 0.05) is 45.5 Å². The lowest BCUT2D eigenvalue weighted by Crippen LogP contribution is -2.49. The predicted octanol–water partition coefficient (Wildman–Crippen LogP) is 2.29. The summed E-state index contributed by atoms with van der Waals surface area (Å²) in [7, 11) is -3.57. The number of piperazine rings is 1. The molecule has 0 radical (unpaired) electrons. The summed E-state index contributed by atoms with van der Waals surface area (Å²) >= 11 is 0. The molecule has 0 spiro atoms. The van der Waals surface area contributed by atoms with E-state index in [1.807, 2.05) is 4.90 Å². The number of aromatic amines is 1. The Labute approximate surface area is 170 Å². The summed E-state index contributed by atoms with van der Waals surface area (Å²) < 4.78 is 41.0. The number of hydrogen-bond donors (Lipinski definition) is 1. The van der Waals surface area contributed by atoms with Crippen molar-refractivity contribution in [3.63, 3.8) is 0 Å². The smallest absolute Gasteiger partial charge is 0.270 e. The first-order valence-electron chi connectivity index (χ1n) is 9.94. The number of para-hydroxylation sites is 1. The maximum Gasteiger partial charge on any atom is 0.270 e. The highest BCUT2D eigenvalue weighted by molar-refractivity contribution is 7.89. The number of anilines is 1. The molecule has 0 saturated carbocycles. The van der Waals surface area contributed by atoms with Gasteiger partial charge >= 0.3 is 0 Å². The molecule has 1 aromatic heterocycles. The first-order chi connectivity index (χ1) is 14.0. The van der Waals surface area contributed by atoms with Crippen molar-refractivity contribution < 1.29 is 17.6 Å². The zero-order valence-electron chi connectivity index (χ0n) is 16.2. The summed E-state index contributed by atoms with van der Waals surface area (Å²) in [6.45, 7) is 2.98. The van der Waals surface area contributed by atoms with E-state index in [0.717, 1.165) is 19.3 Å². The number of hydrogen-bond acceptors (Lipinski definition) is 4. The zero-order chi connectivity index (χ0) is 20.4. The minimum atomic E-state index is -3.57. The van der Waals surface area contributed by atoms with Gasteiger partial charge in [0.2, 0.25) is 10.0 Å². The molecule has 1 amide bonds. The number of nitrogens with zero attached hydrogens (tertiary/aromatic N) is 3. The molecule has 0 bridgehead atoms. The summed E-state index contributed by atoms with van der Waals surface area (Å²) in [4.78, 5) is 19.4. The normalized spacial score (nSPS) is 18.8. The fourth-order valence-corrected chi connectivity index (χ4v) is 5.44. The Morgan fingerprint density at radius 3 is 2.34 bits per heavy atom. The Kier molecular flexibility index (Phi) is 5.60. The number of H-pyrrole nitrogens is 1. The number of aromatic nitrogens is 1. The van der Waals surface area contributed by atoms with E-state index in [1.54, 1.807) is 23.1 Å². The monoisotopic (exact) mass is 420 g/mol. The fraction of sp³-hybridized carbons (Fsp3) is 0.450. The molecule has 0 atom stereocenters. The van der Waals surface area contributed by atoms with Crippen LogP contribution in [0.25, 0.3) is 0 Å². The van der Waals surface area contributed by atoms with E-state index in [1.165, 1.54) is 22.6 Å². The molecule has 4 rings (SSSR count). The first kappa shape index (κ1) is 19.9. The third kappa shape index (κ3) is 4.02. The van der Waals surface area contributed by atoms with E-state index in [9.17, 15) is 17.6 Å². The van der Waals surface area contributed by atoms with E-state index in [0.29, 0.717) is 45.0 Å². The average Bonchev–Trinajstić information content (AvgIpc) is 3.26. The van der Waals surface area contributed by atoms with Gasteiger partial charge in [0.25, 0.3) is 5.91 Å². The predicted molar refractivity (Wildman–Crippen MR) is 108 cm³/mol. The summed E-state index contributed by atoms with van der Waals surface area (Å²) in [5, 5.41) is 0. The SMILES string of the molecule is O=C(c1cc(S(=O)(=O)N2CCCCC2)c[nH]1)N1CCN(c2ccccc2F)CC1. The molecule has 3 heterocycles. The molecule has 2 fully saturated rings. The Morgan fingerprint density at radius 1 is 0.966 bits per heavy atom. The Morgan fingerprint density at radius 2 is 1.66 bits per heavy atom. The van der Waals surface area contributed by atoms with E-state index in [-0.39, 0.29) is 22.3 Å². The maximum atomic E-state index is 14.0. The number of nitrogens with one attached hydrogen (secondary N) is 1. The minimum Gasteiger partial charge on any atom is -0.366 e. The van der Waals surface area contributed by atoms with Crippen LogP contribution in [0.1, 0.15) is 29.8 Å². The van der Waals surface area contributed by atoms with Gasteiger partial charge in [0.05, 0.1) is 5.69 Å². The number of amides is 1. The van der Waals surface area contributed by atoms with Gasteiger partial charge in [0.1, 0.15) is 16.4 Å². The van der Waals surface area contributed by atoms with Crippen molar-refractivity contribution in [3.8, 4) is 0 Å². The van der Waals surface area contributed by atoms with Gasteiger partial charge in [-0.05, 0) is 31.0 Å². The molecular weight excluding hydrogens is 395 g/mol. The number of rotatable bonds is 4. The van der Waals surface area contributed by atoms with Crippen LogP contribution in [-0.2, 0) is 10.0 Å². The van der Waals surface area contributed by atoms with Crippen LogP contribution in [0, 0.1) is 5.82 Å². The van der Waals surface area contributed by atoms with Crippen LogP contribution >= 0.6 is 0 Å². The third-order valence-corrected chi connectivity index (χ3v) is 7.48. The fourth-order valence-electron chi connectivity index (χ4n) is 3.93. The zero-order valence-corrected chi connectivity index (χ0v) is 17.0. The van der Waals surface area contributed by atoms with Crippen LogP contribution in [0.2, 0.25) is 0 Å². The summed E-state index contributed by atoms with van der Waals surface area (Å²) in [5.41, 5.74) is 0.800. The van der Waals surface area contributed by atoms with E-state index in [2.05, 4.69) is 4.98 Å². The topological polar surface area (TPSA) is 76.7 Å². The van der Waals surface area contributed by atoms with Crippen LogP contribution in [-0.4, -0.2) is 67.8 Å². The van der Waals surface area contributed by atoms with Gasteiger partial charge in [-0.2, -0.15) is 4.31 Å². The van der Waals surface area contributed by atoms with Crippen LogP contribution < -0.4 is 4.90 Å². The van der Waals surface area contributed by atoms with Gasteiger partial charge in [0.15, 0.2) is 0 Å². The van der Waals surface area contributed by atoms with Crippen molar-refractivity contribution in [2.24, 2.45) is 0 Å². The molecule has 0 aliphatic carbocycles. The van der Waals surface area contributed by atoms with E-state index < -0.39 is 10.0 Å². The van der Waals surface area contributed by atoms with Crippen molar-refractivity contribution in [3.05, 3.63) is 48.0 Å². The molecular formula is C20H25FN4O3S.